The van der Waals surface area contributed by atoms with Gasteiger partial charge >= 0.3 is 0 Å². The molecule has 1 aliphatic heterocycles. The van der Waals surface area contributed by atoms with E-state index in [0.29, 0.717) is 18.2 Å². The van der Waals surface area contributed by atoms with Gasteiger partial charge in [0, 0.05) is 18.0 Å². The topological polar surface area (TPSA) is 38.8 Å². The molecule has 3 aromatic rings. The Morgan fingerprint density at radius 2 is 1.59 bits per heavy atom. The summed E-state index contributed by atoms with van der Waals surface area (Å²) in [4.78, 5) is 15.7. The number of amides is 1. The van der Waals surface area contributed by atoms with Crippen molar-refractivity contribution in [3.05, 3.63) is 94.5 Å². The van der Waals surface area contributed by atoms with Gasteiger partial charge in [0.25, 0.3) is 5.91 Å². The summed E-state index contributed by atoms with van der Waals surface area (Å²) < 4.78 is 11.2. The second kappa shape index (κ2) is 10.3. The largest absolute Gasteiger partial charge is 0.493 e. The summed E-state index contributed by atoms with van der Waals surface area (Å²) in [5, 5.41) is 0. The molecule has 0 radical (unpaired) electrons. The summed E-state index contributed by atoms with van der Waals surface area (Å²) in [6.07, 6.45) is 1.85. The maximum atomic E-state index is 13.7. The number of ether oxygens (including phenoxy) is 2. The third-order valence-corrected chi connectivity index (χ3v) is 6.83. The second-order valence-corrected chi connectivity index (χ2v) is 9.59. The van der Waals surface area contributed by atoms with E-state index in [-0.39, 0.29) is 17.9 Å². The zero-order chi connectivity index (χ0) is 24.2. The summed E-state index contributed by atoms with van der Waals surface area (Å²) in [5.41, 5.74) is 5.63. The smallest absolute Gasteiger partial charge is 0.254 e. The van der Waals surface area contributed by atoms with Crippen LogP contribution in [-0.2, 0) is 12.8 Å². The molecule has 178 valence electrons. The van der Waals surface area contributed by atoms with Crippen molar-refractivity contribution in [2.75, 3.05) is 20.8 Å². The van der Waals surface area contributed by atoms with Gasteiger partial charge in [0.05, 0.1) is 20.3 Å². The molecule has 1 heterocycles. The average Bonchev–Trinajstić information content (AvgIpc) is 2.86. The van der Waals surface area contributed by atoms with E-state index in [4.69, 9.17) is 9.47 Å². The summed E-state index contributed by atoms with van der Waals surface area (Å²) in [7, 11) is 3.32. The van der Waals surface area contributed by atoms with Crippen molar-refractivity contribution in [1.29, 1.82) is 0 Å². The molecule has 1 aliphatic rings. The van der Waals surface area contributed by atoms with Crippen LogP contribution in [0.15, 0.2) is 66.7 Å². The number of hydrogen-bond donors (Lipinski definition) is 0. The Morgan fingerprint density at radius 1 is 0.941 bits per heavy atom. The van der Waals surface area contributed by atoms with Crippen LogP contribution in [0.25, 0.3) is 0 Å². The summed E-state index contributed by atoms with van der Waals surface area (Å²) in [5.74, 6) is 2.22. The monoisotopic (exact) mass is 457 g/mol. The maximum absolute atomic E-state index is 13.7. The minimum Gasteiger partial charge on any atom is -0.493 e. The van der Waals surface area contributed by atoms with E-state index < -0.39 is 0 Å². The van der Waals surface area contributed by atoms with Crippen molar-refractivity contribution in [2.45, 2.75) is 45.6 Å². The van der Waals surface area contributed by atoms with Gasteiger partial charge in [-0.15, -0.1) is 0 Å². The number of hydrogen-bond acceptors (Lipinski definition) is 3. The lowest BCUT2D eigenvalue weighted by Crippen LogP contribution is -2.42. The molecule has 4 rings (SSSR count). The molecule has 0 aliphatic carbocycles. The predicted octanol–water partition coefficient (Wildman–Crippen LogP) is 6.45. The number of benzene rings is 3. The normalized spacial score (nSPS) is 16.2. The van der Waals surface area contributed by atoms with Gasteiger partial charge in [0.1, 0.15) is 0 Å². The molecule has 3 aromatic carbocycles. The van der Waals surface area contributed by atoms with Crippen molar-refractivity contribution in [2.24, 2.45) is 5.92 Å². The van der Waals surface area contributed by atoms with Crippen molar-refractivity contribution >= 4 is 5.91 Å². The van der Waals surface area contributed by atoms with Gasteiger partial charge in [0.2, 0.25) is 0 Å². The molecule has 4 nitrogen and oxygen atoms in total. The van der Waals surface area contributed by atoms with E-state index in [1.165, 1.54) is 16.7 Å². The van der Waals surface area contributed by atoms with E-state index in [2.05, 4.69) is 57.2 Å². The van der Waals surface area contributed by atoms with E-state index >= 15 is 0 Å². The SMILES string of the molecule is COc1cc2c(cc1OC)[C@@H]([C@H](C)c1ccc(CC(C)C)cc1)N(C(=O)c1ccccc1)CC2. The van der Waals surface area contributed by atoms with Gasteiger partial charge < -0.3 is 14.4 Å². The highest BCUT2D eigenvalue weighted by molar-refractivity contribution is 5.94. The number of nitrogens with zero attached hydrogens (tertiary/aromatic N) is 1. The molecule has 4 heteroatoms. The van der Waals surface area contributed by atoms with Crippen LogP contribution in [0.5, 0.6) is 11.5 Å². The Kier molecular flexibility index (Phi) is 7.26. The highest BCUT2D eigenvalue weighted by Gasteiger charge is 2.36. The fourth-order valence-electron chi connectivity index (χ4n) is 5.10. The van der Waals surface area contributed by atoms with Crippen LogP contribution < -0.4 is 9.47 Å². The highest BCUT2D eigenvalue weighted by Crippen LogP contribution is 2.44. The second-order valence-electron chi connectivity index (χ2n) is 9.59. The number of fused-ring (bicyclic) bond motifs is 1. The Balaban J connectivity index is 1.77. The highest BCUT2D eigenvalue weighted by atomic mass is 16.5. The minimum atomic E-state index is -0.104. The van der Waals surface area contributed by atoms with E-state index in [1.54, 1.807) is 14.2 Å². The van der Waals surface area contributed by atoms with Crippen LogP contribution in [0.3, 0.4) is 0 Å². The molecular weight excluding hydrogens is 422 g/mol. The number of methoxy groups -OCH3 is 2. The molecule has 0 saturated heterocycles. The molecule has 0 fully saturated rings. The standard InChI is InChI=1S/C30H35NO3/c1-20(2)17-22-11-13-23(14-12-22)21(3)29-26-19-28(34-5)27(33-4)18-25(26)15-16-31(29)30(32)24-9-7-6-8-10-24/h6-14,18-21,29H,15-17H2,1-5H3/t21-,29-/m1/s1. The number of rotatable bonds is 7. The predicted molar refractivity (Wildman–Crippen MR) is 137 cm³/mol. The summed E-state index contributed by atoms with van der Waals surface area (Å²) in [6.45, 7) is 7.37. The van der Waals surface area contributed by atoms with E-state index in [1.807, 2.05) is 35.2 Å². The van der Waals surface area contributed by atoms with Gasteiger partial charge in [-0.1, -0.05) is 63.2 Å². The Labute approximate surface area is 203 Å². The number of carbonyl (C=O) groups excluding carboxylic acids is 1. The molecule has 0 unspecified atom stereocenters. The van der Waals surface area contributed by atoms with Crippen LogP contribution in [0, 0.1) is 5.92 Å². The lowest BCUT2D eigenvalue weighted by atomic mass is 9.81. The van der Waals surface area contributed by atoms with Crippen molar-refractivity contribution in [1.82, 2.24) is 4.90 Å². The van der Waals surface area contributed by atoms with Gasteiger partial charge in [0.15, 0.2) is 11.5 Å². The first-order valence-electron chi connectivity index (χ1n) is 12.1. The summed E-state index contributed by atoms with van der Waals surface area (Å²) in [6, 6.07) is 22.5. The average molecular weight is 458 g/mol. The Morgan fingerprint density at radius 3 is 2.21 bits per heavy atom. The van der Waals surface area contributed by atoms with Crippen LogP contribution >= 0.6 is 0 Å². The third kappa shape index (κ3) is 4.82. The lowest BCUT2D eigenvalue weighted by Gasteiger charge is -2.41. The van der Waals surface area contributed by atoms with Crippen molar-refractivity contribution in [3.63, 3.8) is 0 Å². The van der Waals surface area contributed by atoms with Gasteiger partial charge in [-0.2, -0.15) is 0 Å². The molecule has 2 atom stereocenters. The molecule has 0 N–H and O–H groups in total. The van der Waals surface area contributed by atoms with E-state index in [0.717, 1.165) is 29.7 Å². The van der Waals surface area contributed by atoms with Crippen LogP contribution in [0.2, 0.25) is 0 Å². The van der Waals surface area contributed by atoms with Crippen LogP contribution in [0.4, 0.5) is 0 Å². The quantitative estimate of drug-likeness (QED) is 0.409. The summed E-state index contributed by atoms with van der Waals surface area (Å²) >= 11 is 0. The Hall–Kier alpha value is -3.27. The first kappa shape index (κ1) is 23.9. The fraction of sp³-hybridized carbons (Fsp3) is 0.367. The van der Waals surface area contributed by atoms with E-state index in [9.17, 15) is 4.79 Å². The molecule has 1 amide bonds. The van der Waals surface area contributed by atoms with Gasteiger partial charge in [-0.3, -0.25) is 4.79 Å². The zero-order valence-electron chi connectivity index (χ0n) is 20.9. The molecule has 0 aromatic heterocycles. The third-order valence-electron chi connectivity index (χ3n) is 6.83. The lowest BCUT2D eigenvalue weighted by molar-refractivity contribution is 0.0633. The zero-order valence-corrected chi connectivity index (χ0v) is 20.9. The van der Waals surface area contributed by atoms with Gasteiger partial charge in [-0.25, -0.2) is 0 Å². The Bertz CT molecular complexity index is 1120. The molecular formula is C30H35NO3. The molecule has 0 spiro atoms. The van der Waals surface area contributed by atoms with Crippen LogP contribution in [0.1, 0.15) is 65.3 Å². The van der Waals surface area contributed by atoms with Crippen molar-refractivity contribution in [3.8, 4) is 11.5 Å². The molecule has 0 saturated carbocycles. The maximum Gasteiger partial charge on any atom is 0.254 e. The number of carbonyl (C=O) groups is 1. The van der Waals surface area contributed by atoms with Gasteiger partial charge in [-0.05, 0) is 65.3 Å². The minimum absolute atomic E-state index is 0.0642. The van der Waals surface area contributed by atoms with Crippen LogP contribution in [-0.4, -0.2) is 31.6 Å². The first-order chi connectivity index (χ1) is 16.4. The van der Waals surface area contributed by atoms with Crippen molar-refractivity contribution < 1.29 is 14.3 Å². The molecule has 0 bridgehead atoms. The fourth-order valence-corrected chi connectivity index (χ4v) is 5.10. The first-order valence-corrected chi connectivity index (χ1v) is 12.1. The molecule has 34 heavy (non-hydrogen) atoms.